The van der Waals surface area contributed by atoms with Gasteiger partial charge in [-0.25, -0.2) is 4.79 Å². The topological polar surface area (TPSA) is 72.9 Å². The largest absolute Gasteiger partial charge is 0.397 e. The molecule has 0 saturated carbocycles. The summed E-state index contributed by atoms with van der Waals surface area (Å²) in [5.41, 5.74) is 1.26. The van der Waals surface area contributed by atoms with Crippen molar-refractivity contribution < 1.29 is 27.9 Å². The molecular weight excluding hydrogens is 327 g/mol. The van der Waals surface area contributed by atoms with Gasteiger partial charge in [-0.15, -0.1) is 0 Å². The highest BCUT2D eigenvalue weighted by molar-refractivity contribution is 5.89. The van der Waals surface area contributed by atoms with Crippen molar-refractivity contribution in [1.29, 1.82) is 0 Å². The zero-order valence-corrected chi connectivity index (χ0v) is 12.8. The Morgan fingerprint density at radius 2 is 1.58 bits per heavy atom. The molecule has 0 bridgehead atoms. The van der Waals surface area contributed by atoms with Crippen molar-refractivity contribution in [1.82, 2.24) is 9.80 Å². The molecule has 0 radical (unpaired) electrons. The van der Waals surface area contributed by atoms with E-state index in [9.17, 15) is 22.8 Å². The van der Waals surface area contributed by atoms with E-state index in [1.165, 1.54) is 4.90 Å². The number of urea groups is 1. The number of anilines is 1. The monoisotopic (exact) mass is 345 g/mol. The van der Waals surface area contributed by atoms with E-state index in [0.29, 0.717) is 11.3 Å². The normalized spacial score (nSPS) is 15.3. The van der Waals surface area contributed by atoms with Crippen LogP contribution in [0, 0.1) is 0 Å². The molecule has 0 atom stereocenters. The van der Waals surface area contributed by atoms with Crippen molar-refractivity contribution in [2.75, 3.05) is 31.5 Å². The second-order valence-corrected chi connectivity index (χ2v) is 5.44. The fourth-order valence-electron chi connectivity index (χ4n) is 2.34. The number of hydrogen-bond acceptors (Lipinski definition) is 3. The van der Waals surface area contributed by atoms with E-state index in [2.05, 4.69) is 5.32 Å². The highest BCUT2D eigenvalue weighted by Crippen LogP contribution is 2.21. The molecule has 0 unspecified atom stereocenters. The Bertz CT molecular complexity index is 582. The van der Waals surface area contributed by atoms with Gasteiger partial charge in [-0.2, -0.15) is 13.2 Å². The molecule has 0 aliphatic carbocycles. The van der Waals surface area contributed by atoms with Crippen LogP contribution in [-0.4, -0.2) is 59.2 Å². The number of carbonyl (C=O) groups is 2. The van der Waals surface area contributed by atoms with Gasteiger partial charge < -0.3 is 20.2 Å². The van der Waals surface area contributed by atoms with Crippen LogP contribution < -0.4 is 5.32 Å². The molecule has 24 heavy (non-hydrogen) atoms. The van der Waals surface area contributed by atoms with Crippen LogP contribution in [0.3, 0.4) is 0 Å². The summed E-state index contributed by atoms with van der Waals surface area (Å²) < 4.78 is 36.7. The molecule has 2 rings (SSSR count). The van der Waals surface area contributed by atoms with Gasteiger partial charge in [-0.3, -0.25) is 4.79 Å². The molecule has 1 fully saturated rings. The summed E-state index contributed by atoms with van der Waals surface area (Å²) in [5.74, 6) is -0.970. The van der Waals surface area contributed by atoms with Crippen molar-refractivity contribution in [3.05, 3.63) is 29.8 Å². The van der Waals surface area contributed by atoms with E-state index < -0.39 is 18.5 Å². The van der Waals surface area contributed by atoms with Gasteiger partial charge in [0.25, 0.3) is 0 Å². The summed E-state index contributed by atoms with van der Waals surface area (Å²) in [6.45, 7) is 0.397. The molecule has 1 aliphatic rings. The number of nitrogens with zero attached hydrogens (tertiary/aromatic N) is 2. The number of hydrogen-bond donors (Lipinski definition) is 2. The van der Waals surface area contributed by atoms with Crippen LogP contribution in [0.15, 0.2) is 24.3 Å². The fraction of sp³-hybridized carbons (Fsp3) is 0.467. The van der Waals surface area contributed by atoms with Crippen LogP contribution in [0.2, 0.25) is 0 Å². The van der Waals surface area contributed by atoms with Crippen LogP contribution in [0.25, 0.3) is 0 Å². The summed E-state index contributed by atoms with van der Waals surface area (Å²) in [4.78, 5) is 26.2. The average Bonchev–Trinajstić information content (AvgIpc) is 2.54. The molecule has 1 saturated heterocycles. The first-order valence-corrected chi connectivity index (χ1v) is 7.39. The number of nitrogens with one attached hydrogen (secondary N) is 1. The number of aliphatic hydroxyl groups excluding tert-OH is 1. The molecule has 1 aromatic rings. The number of rotatable bonds is 3. The van der Waals surface area contributed by atoms with Crippen LogP contribution in [-0.2, 0) is 11.4 Å². The first-order valence-electron chi connectivity index (χ1n) is 7.39. The zero-order chi connectivity index (χ0) is 17.7. The van der Waals surface area contributed by atoms with Gasteiger partial charge in [0, 0.05) is 31.9 Å². The minimum Gasteiger partial charge on any atom is -0.392 e. The number of carbonyl (C=O) groups excluding carboxylic acids is 2. The molecule has 132 valence electrons. The van der Waals surface area contributed by atoms with Crippen molar-refractivity contribution >= 4 is 17.6 Å². The molecule has 3 amide bonds. The van der Waals surface area contributed by atoms with Crippen LogP contribution in [0.1, 0.15) is 12.0 Å². The smallest absolute Gasteiger partial charge is 0.392 e. The molecule has 6 nitrogen and oxygen atoms in total. The van der Waals surface area contributed by atoms with Gasteiger partial charge in [0.05, 0.1) is 6.61 Å². The van der Waals surface area contributed by atoms with Gasteiger partial charge in [-0.1, -0.05) is 12.1 Å². The molecular formula is C15H18F3N3O3. The Hall–Kier alpha value is -2.29. The maximum Gasteiger partial charge on any atom is 0.397 e. The third-order valence-electron chi connectivity index (χ3n) is 3.66. The summed E-state index contributed by atoms with van der Waals surface area (Å²) in [5, 5.41) is 11.6. The molecule has 1 aliphatic heterocycles. The average molecular weight is 345 g/mol. The van der Waals surface area contributed by atoms with E-state index in [0.717, 1.165) is 4.90 Å². The Morgan fingerprint density at radius 3 is 2.08 bits per heavy atom. The lowest BCUT2D eigenvalue weighted by atomic mass is 10.2. The van der Waals surface area contributed by atoms with Crippen molar-refractivity contribution in [3.8, 4) is 0 Å². The maximum atomic E-state index is 12.2. The summed E-state index contributed by atoms with van der Waals surface area (Å²) in [6.07, 6.45) is -6.00. The predicted octanol–water partition coefficient (Wildman–Crippen LogP) is 1.81. The number of aliphatic hydroxyl groups is 1. The Labute approximate surface area is 136 Å². The third kappa shape index (κ3) is 5.12. The van der Waals surface area contributed by atoms with Crippen LogP contribution in [0.5, 0.6) is 0 Å². The van der Waals surface area contributed by atoms with E-state index in [1.807, 2.05) is 0 Å². The number of halogens is 3. The lowest BCUT2D eigenvalue weighted by Crippen LogP contribution is -2.52. The van der Waals surface area contributed by atoms with E-state index in [4.69, 9.17) is 5.11 Å². The Morgan fingerprint density at radius 1 is 1.04 bits per heavy atom. The minimum atomic E-state index is -4.52. The summed E-state index contributed by atoms with van der Waals surface area (Å²) >= 11 is 0. The SMILES string of the molecule is O=C(CC(F)(F)F)N1CCN(C(=O)Nc2ccc(CO)cc2)CC1. The standard InChI is InChI=1S/C15H18F3N3O3/c16-15(17,18)9-13(23)20-5-7-21(8-6-20)14(24)19-12-3-1-11(10-22)2-4-12/h1-4,22H,5-10H2,(H,19,24). The van der Waals surface area contributed by atoms with Crippen LogP contribution >= 0.6 is 0 Å². The zero-order valence-electron chi connectivity index (χ0n) is 12.8. The Balaban J connectivity index is 1.82. The second-order valence-electron chi connectivity index (χ2n) is 5.44. The van der Waals surface area contributed by atoms with Gasteiger partial charge >= 0.3 is 12.2 Å². The lowest BCUT2D eigenvalue weighted by molar-refractivity contribution is -0.162. The number of alkyl halides is 3. The third-order valence-corrected chi connectivity index (χ3v) is 3.66. The first kappa shape index (κ1) is 18.1. The molecule has 9 heteroatoms. The van der Waals surface area contributed by atoms with Gasteiger partial charge in [0.15, 0.2) is 0 Å². The summed E-state index contributed by atoms with van der Waals surface area (Å²) in [7, 11) is 0. The molecule has 0 spiro atoms. The van der Waals surface area contributed by atoms with Gasteiger partial charge in [0.2, 0.25) is 5.91 Å². The first-order chi connectivity index (χ1) is 11.3. The van der Waals surface area contributed by atoms with Crippen molar-refractivity contribution in [2.45, 2.75) is 19.2 Å². The number of piperazine rings is 1. The van der Waals surface area contributed by atoms with E-state index >= 15 is 0 Å². The van der Waals surface area contributed by atoms with Crippen LogP contribution in [0.4, 0.5) is 23.7 Å². The number of amides is 3. The van der Waals surface area contributed by atoms with Crippen molar-refractivity contribution in [3.63, 3.8) is 0 Å². The quantitative estimate of drug-likeness (QED) is 0.878. The molecule has 1 aromatic carbocycles. The summed E-state index contributed by atoms with van der Waals surface area (Å²) in [6, 6.07) is 6.25. The predicted molar refractivity (Wildman–Crippen MR) is 80.2 cm³/mol. The molecule has 2 N–H and O–H groups in total. The van der Waals surface area contributed by atoms with Gasteiger partial charge in [0.1, 0.15) is 6.42 Å². The second kappa shape index (κ2) is 7.52. The number of benzene rings is 1. The van der Waals surface area contributed by atoms with E-state index in [1.54, 1.807) is 24.3 Å². The molecule has 1 heterocycles. The van der Waals surface area contributed by atoms with E-state index in [-0.39, 0.29) is 38.8 Å². The molecule has 0 aromatic heterocycles. The Kier molecular flexibility index (Phi) is 5.66. The highest BCUT2D eigenvalue weighted by Gasteiger charge is 2.34. The minimum absolute atomic E-state index is 0.0752. The fourth-order valence-corrected chi connectivity index (χ4v) is 2.34. The van der Waals surface area contributed by atoms with Gasteiger partial charge in [-0.05, 0) is 17.7 Å². The van der Waals surface area contributed by atoms with Crippen molar-refractivity contribution in [2.24, 2.45) is 0 Å². The highest BCUT2D eigenvalue weighted by atomic mass is 19.4. The lowest BCUT2D eigenvalue weighted by Gasteiger charge is -2.34. The maximum absolute atomic E-state index is 12.2.